The van der Waals surface area contributed by atoms with Gasteiger partial charge >= 0.3 is 0 Å². The minimum Gasteiger partial charge on any atom is -0.468 e. The summed E-state index contributed by atoms with van der Waals surface area (Å²) in [5.74, 6) is 0. The maximum atomic E-state index is 9.75. The molecule has 0 radical (unpaired) electrons. The molecular formula is C12H21NO5S. The summed E-state index contributed by atoms with van der Waals surface area (Å²) in [6.45, 7) is -0.0536. The lowest BCUT2D eigenvalue weighted by Gasteiger charge is -2.36. The normalized spacial score (nSPS) is 36.8. The van der Waals surface area contributed by atoms with Crippen LogP contribution in [0.1, 0.15) is 32.1 Å². The predicted molar refractivity (Wildman–Crippen MR) is 71.5 cm³/mol. The fraction of sp³-hybridized carbons (Fsp3) is 0.917. The second-order valence-electron chi connectivity index (χ2n) is 5.11. The van der Waals surface area contributed by atoms with Gasteiger partial charge in [0, 0.05) is 0 Å². The minimum absolute atomic E-state index is 0.0536. The maximum absolute atomic E-state index is 9.75. The average Bonchev–Trinajstić information content (AvgIpc) is 2.41. The van der Waals surface area contributed by atoms with Crippen molar-refractivity contribution in [1.82, 2.24) is 5.32 Å². The van der Waals surface area contributed by atoms with Gasteiger partial charge in [0.05, 0.1) is 6.61 Å². The molecule has 0 aromatic rings. The molecule has 0 spiro atoms. The van der Waals surface area contributed by atoms with Gasteiger partial charge in [-0.25, -0.2) is 0 Å². The molecule has 1 heterocycles. The van der Waals surface area contributed by atoms with Gasteiger partial charge in [0.2, 0.25) is 0 Å². The Hall–Kier alpha value is -0.470. The Bertz CT molecular complexity index is 310. The van der Waals surface area contributed by atoms with Crippen LogP contribution in [0, 0.1) is 0 Å². The molecule has 6 nitrogen and oxygen atoms in total. The van der Waals surface area contributed by atoms with Crippen LogP contribution in [-0.4, -0.2) is 57.7 Å². The van der Waals surface area contributed by atoms with Crippen LogP contribution in [0.25, 0.3) is 0 Å². The van der Waals surface area contributed by atoms with Gasteiger partial charge in [-0.1, -0.05) is 6.42 Å². The van der Waals surface area contributed by atoms with E-state index in [9.17, 15) is 15.3 Å². The van der Waals surface area contributed by atoms with E-state index in [1.807, 2.05) is 0 Å². The monoisotopic (exact) mass is 291 g/mol. The summed E-state index contributed by atoms with van der Waals surface area (Å²) in [6.07, 6.45) is 1.17. The molecule has 0 aromatic heterocycles. The quantitative estimate of drug-likeness (QED) is 0.517. The van der Waals surface area contributed by atoms with Crippen molar-refractivity contribution in [1.29, 1.82) is 0 Å². The Kier molecular flexibility index (Phi) is 5.35. The van der Waals surface area contributed by atoms with E-state index in [4.69, 9.17) is 21.7 Å². The molecule has 19 heavy (non-hydrogen) atoms. The van der Waals surface area contributed by atoms with Crippen molar-refractivity contribution in [3.8, 4) is 0 Å². The highest BCUT2D eigenvalue weighted by Gasteiger charge is 2.38. The van der Waals surface area contributed by atoms with E-state index in [0.717, 1.165) is 25.7 Å². The average molecular weight is 291 g/mol. The van der Waals surface area contributed by atoms with Gasteiger partial charge < -0.3 is 30.1 Å². The van der Waals surface area contributed by atoms with Crippen LogP contribution in [0.15, 0.2) is 0 Å². The van der Waals surface area contributed by atoms with Gasteiger partial charge in [-0.3, -0.25) is 0 Å². The number of thiocarbonyl (C=S) groups is 1. The first kappa shape index (κ1) is 14.9. The molecule has 0 amide bonds. The third-order valence-electron chi connectivity index (χ3n) is 3.59. The highest BCUT2D eigenvalue weighted by atomic mass is 32.1. The summed E-state index contributed by atoms with van der Waals surface area (Å²) in [4.78, 5) is 0. The molecule has 110 valence electrons. The lowest BCUT2D eigenvalue weighted by molar-refractivity contribution is -0.191. The Labute approximate surface area is 117 Å². The highest BCUT2D eigenvalue weighted by Crippen LogP contribution is 2.21. The summed E-state index contributed by atoms with van der Waals surface area (Å²) in [5, 5.41) is 31.5. The van der Waals surface area contributed by atoms with Gasteiger partial charge in [-0.05, 0) is 37.9 Å². The van der Waals surface area contributed by atoms with Crippen LogP contribution in [0.5, 0.6) is 0 Å². The van der Waals surface area contributed by atoms with Crippen LogP contribution < -0.4 is 5.32 Å². The number of rotatable bonds is 2. The van der Waals surface area contributed by atoms with Gasteiger partial charge in [0.1, 0.15) is 24.4 Å². The SMILES string of the molecule is O[C@@H]1[C@H](O)[C@@H](NC(=S)OC2CCCCC2)OC[C@H]1O. The standard InChI is InChI=1S/C12H21NO5S/c14-8-6-17-11(10(16)9(8)15)13-12(19)18-7-4-2-1-3-5-7/h7-11,14-16H,1-6H2,(H,13,19)/t8-,9+,10+,11+/m1/s1. The smallest absolute Gasteiger partial charge is 0.259 e. The van der Waals surface area contributed by atoms with Crippen molar-refractivity contribution < 1.29 is 24.8 Å². The summed E-state index contributed by atoms with van der Waals surface area (Å²) >= 11 is 5.07. The van der Waals surface area contributed by atoms with Crippen molar-refractivity contribution in [2.45, 2.75) is 62.7 Å². The molecule has 7 heteroatoms. The molecular weight excluding hydrogens is 270 g/mol. The third kappa shape index (κ3) is 4.00. The van der Waals surface area contributed by atoms with Gasteiger partial charge in [0.15, 0.2) is 6.23 Å². The molecule has 4 N–H and O–H groups in total. The third-order valence-corrected chi connectivity index (χ3v) is 3.80. The molecule has 1 saturated carbocycles. The molecule has 2 rings (SSSR count). The summed E-state index contributed by atoms with van der Waals surface area (Å²) in [6, 6.07) is 0. The number of hydrogen-bond acceptors (Lipinski definition) is 6. The molecule has 0 aromatic carbocycles. The van der Waals surface area contributed by atoms with Crippen molar-refractivity contribution in [2.24, 2.45) is 0 Å². The fourth-order valence-corrected chi connectivity index (χ4v) is 2.67. The van der Waals surface area contributed by atoms with Crippen molar-refractivity contribution in [3.63, 3.8) is 0 Å². The summed E-state index contributed by atoms with van der Waals surface area (Å²) in [5.41, 5.74) is 0. The van der Waals surface area contributed by atoms with Gasteiger partial charge in [-0.15, -0.1) is 0 Å². The van der Waals surface area contributed by atoms with Crippen molar-refractivity contribution in [3.05, 3.63) is 0 Å². The van der Waals surface area contributed by atoms with Crippen LogP contribution in [-0.2, 0) is 9.47 Å². The molecule has 2 aliphatic rings. The molecule has 1 aliphatic carbocycles. The number of ether oxygens (including phenoxy) is 2. The minimum atomic E-state index is -1.25. The van der Waals surface area contributed by atoms with E-state index in [1.54, 1.807) is 0 Å². The fourth-order valence-electron chi connectivity index (χ4n) is 2.42. The Morgan fingerprint density at radius 1 is 1.11 bits per heavy atom. The molecule has 0 bridgehead atoms. The zero-order valence-corrected chi connectivity index (χ0v) is 11.5. The van der Waals surface area contributed by atoms with E-state index in [-0.39, 0.29) is 17.9 Å². The first-order valence-electron chi connectivity index (χ1n) is 6.71. The Morgan fingerprint density at radius 3 is 2.47 bits per heavy atom. The van der Waals surface area contributed by atoms with Gasteiger partial charge in [0.25, 0.3) is 5.17 Å². The Morgan fingerprint density at radius 2 is 1.79 bits per heavy atom. The zero-order valence-electron chi connectivity index (χ0n) is 10.7. The first-order chi connectivity index (χ1) is 9.08. The lowest BCUT2D eigenvalue weighted by Crippen LogP contribution is -2.59. The van der Waals surface area contributed by atoms with Gasteiger partial charge in [-0.2, -0.15) is 0 Å². The highest BCUT2D eigenvalue weighted by molar-refractivity contribution is 7.80. The molecule has 0 unspecified atom stereocenters. The van der Waals surface area contributed by atoms with E-state index in [1.165, 1.54) is 6.42 Å². The van der Waals surface area contributed by atoms with E-state index >= 15 is 0 Å². The topological polar surface area (TPSA) is 91.2 Å². The zero-order chi connectivity index (χ0) is 13.8. The van der Waals surface area contributed by atoms with Crippen molar-refractivity contribution >= 4 is 17.4 Å². The predicted octanol–water partition coefficient (Wildman–Crippen LogP) is -0.351. The molecule has 1 aliphatic heterocycles. The number of nitrogens with one attached hydrogen (secondary N) is 1. The summed E-state index contributed by atoms with van der Waals surface area (Å²) in [7, 11) is 0. The van der Waals surface area contributed by atoms with Crippen LogP contribution in [0.3, 0.4) is 0 Å². The van der Waals surface area contributed by atoms with Crippen LogP contribution in [0.2, 0.25) is 0 Å². The van der Waals surface area contributed by atoms with E-state index in [2.05, 4.69) is 5.32 Å². The van der Waals surface area contributed by atoms with Crippen LogP contribution in [0.4, 0.5) is 0 Å². The number of hydrogen-bond donors (Lipinski definition) is 4. The molecule has 1 saturated heterocycles. The van der Waals surface area contributed by atoms with E-state index in [0.29, 0.717) is 0 Å². The second kappa shape index (κ2) is 6.81. The molecule has 4 atom stereocenters. The number of aliphatic hydroxyl groups excluding tert-OH is 3. The Balaban J connectivity index is 1.78. The second-order valence-corrected chi connectivity index (χ2v) is 5.48. The molecule has 2 fully saturated rings. The van der Waals surface area contributed by atoms with E-state index < -0.39 is 24.5 Å². The first-order valence-corrected chi connectivity index (χ1v) is 7.11. The van der Waals surface area contributed by atoms with Crippen molar-refractivity contribution in [2.75, 3.05) is 6.61 Å². The lowest BCUT2D eigenvalue weighted by atomic mass is 9.98. The summed E-state index contributed by atoms with van der Waals surface area (Å²) < 4.78 is 10.8. The largest absolute Gasteiger partial charge is 0.468 e. The van der Waals surface area contributed by atoms with Crippen LogP contribution >= 0.6 is 12.2 Å². The maximum Gasteiger partial charge on any atom is 0.259 e. The number of aliphatic hydroxyl groups is 3.